The molecule has 0 radical (unpaired) electrons. The summed E-state index contributed by atoms with van der Waals surface area (Å²) in [4.78, 5) is 23.6. The summed E-state index contributed by atoms with van der Waals surface area (Å²) in [6.45, 7) is 0. The molecule has 3 aromatic rings. The third kappa shape index (κ3) is 3.28. The molecule has 0 aliphatic heterocycles. The van der Waals surface area contributed by atoms with E-state index in [4.69, 9.17) is 5.73 Å². The molecule has 0 spiro atoms. The van der Waals surface area contributed by atoms with E-state index in [1.54, 1.807) is 0 Å². The maximum atomic E-state index is 13.4. The van der Waals surface area contributed by atoms with Crippen LogP contribution < -0.4 is 5.73 Å². The maximum absolute atomic E-state index is 13.4. The Labute approximate surface area is 158 Å². The van der Waals surface area contributed by atoms with Crippen molar-refractivity contribution in [3.8, 4) is 11.3 Å². The highest BCUT2D eigenvalue weighted by Crippen LogP contribution is 2.35. The number of nitrogens with zero attached hydrogens (tertiary/aromatic N) is 3. The minimum absolute atomic E-state index is 0.0589. The zero-order chi connectivity index (χ0) is 18.8. The van der Waals surface area contributed by atoms with Crippen LogP contribution in [0.1, 0.15) is 40.4 Å². The fourth-order valence-corrected chi connectivity index (χ4v) is 3.83. The average molecular weight is 358 g/mol. The van der Waals surface area contributed by atoms with Crippen LogP contribution in [0.2, 0.25) is 0 Å². The molecule has 1 atom stereocenters. The molecule has 1 aliphatic carbocycles. The van der Waals surface area contributed by atoms with E-state index in [1.807, 2.05) is 48.3 Å². The molecular formula is C22H22N4O. The molecule has 0 bridgehead atoms. The lowest BCUT2D eigenvalue weighted by atomic mass is 9.86. The van der Waals surface area contributed by atoms with E-state index >= 15 is 0 Å². The van der Waals surface area contributed by atoms with Gasteiger partial charge < -0.3 is 10.6 Å². The van der Waals surface area contributed by atoms with Gasteiger partial charge in [-0.3, -0.25) is 4.79 Å². The number of fused-ring (bicyclic) bond motifs is 1. The van der Waals surface area contributed by atoms with Crippen LogP contribution in [0.25, 0.3) is 11.3 Å². The number of benzene rings is 2. The molecule has 0 fully saturated rings. The third-order valence-corrected chi connectivity index (χ3v) is 5.21. The van der Waals surface area contributed by atoms with Gasteiger partial charge in [-0.05, 0) is 30.4 Å². The van der Waals surface area contributed by atoms with E-state index in [1.165, 1.54) is 17.3 Å². The van der Waals surface area contributed by atoms with Crippen molar-refractivity contribution in [3.63, 3.8) is 0 Å². The van der Waals surface area contributed by atoms with E-state index in [9.17, 15) is 4.79 Å². The number of carbonyl (C=O) groups excluding carboxylic acids is 1. The zero-order valence-electron chi connectivity index (χ0n) is 15.3. The Morgan fingerprint density at radius 1 is 1.11 bits per heavy atom. The van der Waals surface area contributed by atoms with Crippen molar-refractivity contribution in [1.29, 1.82) is 0 Å². The molecule has 1 aromatic heterocycles. The first-order valence-corrected chi connectivity index (χ1v) is 9.18. The summed E-state index contributed by atoms with van der Waals surface area (Å²) in [5.41, 5.74) is 10.3. The van der Waals surface area contributed by atoms with Crippen molar-refractivity contribution in [3.05, 3.63) is 77.5 Å². The number of nitrogens with two attached hydrogens (primary N) is 1. The Kier molecular flexibility index (Phi) is 4.59. The molecule has 5 heteroatoms. The topological polar surface area (TPSA) is 72.1 Å². The molecule has 2 N–H and O–H groups in total. The van der Waals surface area contributed by atoms with Gasteiger partial charge in [0.2, 0.25) is 5.95 Å². The monoisotopic (exact) mass is 358 g/mol. The van der Waals surface area contributed by atoms with Crippen LogP contribution in [0.15, 0.2) is 60.8 Å². The Hall–Kier alpha value is -3.21. The average Bonchev–Trinajstić information content (AvgIpc) is 2.73. The van der Waals surface area contributed by atoms with Gasteiger partial charge in [0.1, 0.15) is 0 Å². The van der Waals surface area contributed by atoms with E-state index in [0.29, 0.717) is 11.3 Å². The van der Waals surface area contributed by atoms with Gasteiger partial charge in [-0.2, -0.15) is 0 Å². The molecule has 0 unspecified atom stereocenters. The molecular weight excluding hydrogens is 336 g/mol. The Balaban J connectivity index is 1.72. The molecule has 0 saturated carbocycles. The predicted octanol–water partition coefficient (Wildman–Crippen LogP) is 3.88. The second-order valence-electron chi connectivity index (χ2n) is 6.88. The van der Waals surface area contributed by atoms with Crippen LogP contribution in [0.3, 0.4) is 0 Å². The highest BCUT2D eigenvalue weighted by atomic mass is 16.2. The smallest absolute Gasteiger partial charge is 0.257 e. The largest absolute Gasteiger partial charge is 0.368 e. The summed E-state index contributed by atoms with van der Waals surface area (Å²) in [5, 5.41) is 0. The minimum atomic E-state index is -0.0874. The first kappa shape index (κ1) is 17.2. The molecule has 27 heavy (non-hydrogen) atoms. The van der Waals surface area contributed by atoms with Gasteiger partial charge in [0.25, 0.3) is 5.91 Å². The van der Waals surface area contributed by atoms with Crippen LogP contribution in [0, 0.1) is 0 Å². The van der Waals surface area contributed by atoms with Crippen LogP contribution in [-0.2, 0) is 6.42 Å². The highest BCUT2D eigenvalue weighted by Gasteiger charge is 2.29. The van der Waals surface area contributed by atoms with Crippen molar-refractivity contribution in [2.24, 2.45) is 0 Å². The van der Waals surface area contributed by atoms with Gasteiger partial charge in [0.15, 0.2) is 0 Å². The Morgan fingerprint density at radius 3 is 2.67 bits per heavy atom. The van der Waals surface area contributed by atoms with Gasteiger partial charge in [0, 0.05) is 18.8 Å². The van der Waals surface area contributed by atoms with E-state index in [2.05, 4.69) is 28.2 Å². The molecule has 136 valence electrons. The number of aromatic nitrogens is 2. The van der Waals surface area contributed by atoms with Gasteiger partial charge in [-0.25, -0.2) is 9.97 Å². The lowest BCUT2D eigenvalue weighted by Gasteiger charge is -2.33. The molecule has 5 nitrogen and oxygen atoms in total. The summed E-state index contributed by atoms with van der Waals surface area (Å²) >= 11 is 0. The number of carbonyl (C=O) groups is 1. The SMILES string of the molecule is CN(C(=O)c1cnc(N)nc1-c1ccccc1)[C@@H]1CCCc2ccccc21. The molecule has 1 amide bonds. The highest BCUT2D eigenvalue weighted by molar-refractivity contribution is 6.00. The summed E-state index contributed by atoms with van der Waals surface area (Å²) in [7, 11) is 1.86. The molecule has 4 rings (SSSR count). The number of rotatable bonds is 3. The number of nitrogen functional groups attached to an aromatic ring is 1. The van der Waals surface area contributed by atoms with Gasteiger partial charge in [-0.15, -0.1) is 0 Å². The predicted molar refractivity (Wildman–Crippen MR) is 106 cm³/mol. The standard InChI is InChI=1S/C22H22N4O/c1-26(19-13-7-11-15-8-5-6-12-17(15)19)21(27)18-14-24-22(23)25-20(18)16-9-3-2-4-10-16/h2-6,8-10,12,14,19H,7,11,13H2,1H3,(H2,23,24,25)/t19-/m1/s1. The fourth-order valence-electron chi connectivity index (χ4n) is 3.83. The van der Waals surface area contributed by atoms with Crippen LogP contribution in [-0.4, -0.2) is 27.8 Å². The first-order chi connectivity index (χ1) is 13.1. The normalized spacial score (nSPS) is 15.8. The van der Waals surface area contributed by atoms with Gasteiger partial charge in [-0.1, -0.05) is 54.6 Å². The lowest BCUT2D eigenvalue weighted by molar-refractivity contribution is 0.0715. The van der Waals surface area contributed by atoms with Crippen molar-refractivity contribution in [1.82, 2.24) is 14.9 Å². The fraction of sp³-hybridized carbons (Fsp3) is 0.227. The van der Waals surface area contributed by atoms with Crippen molar-refractivity contribution < 1.29 is 4.79 Å². The number of hydrogen-bond donors (Lipinski definition) is 1. The summed E-state index contributed by atoms with van der Waals surface area (Å²) in [5.74, 6) is 0.0756. The molecule has 0 saturated heterocycles. The minimum Gasteiger partial charge on any atom is -0.368 e. The quantitative estimate of drug-likeness (QED) is 0.771. The molecule has 1 aliphatic rings. The van der Waals surface area contributed by atoms with Gasteiger partial charge >= 0.3 is 0 Å². The van der Waals surface area contributed by atoms with E-state index < -0.39 is 0 Å². The second-order valence-corrected chi connectivity index (χ2v) is 6.88. The summed E-state index contributed by atoms with van der Waals surface area (Å²) in [6, 6.07) is 18.1. The third-order valence-electron chi connectivity index (χ3n) is 5.21. The second kappa shape index (κ2) is 7.19. The van der Waals surface area contributed by atoms with Crippen molar-refractivity contribution in [2.45, 2.75) is 25.3 Å². The summed E-state index contributed by atoms with van der Waals surface area (Å²) < 4.78 is 0. The van der Waals surface area contributed by atoms with Crippen LogP contribution in [0.4, 0.5) is 5.95 Å². The van der Waals surface area contributed by atoms with Gasteiger partial charge in [0.05, 0.1) is 17.3 Å². The Morgan fingerprint density at radius 2 is 1.85 bits per heavy atom. The lowest BCUT2D eigenvalue weighted by Crippen LogP contribution is -2.34. The number of amides is 1. The van der Waals surface area contributed by atoms with E-state index in [0.717, 1.165) is 24.8 Å². The van der Waals surface area contributed by atoms with E-state index in [-0.39, 0.29) is 17.9 Å². The van der Waals surface area contributed by atoms with Crippen molar-refractivity contribution >= 4 is 11.9 Å². The Bertz CT molecular complexity index is 971. The summed E-state index contributed by atoms with van der Waals surface area (Å²) in [6.07, 6.45) is 4.63. The van der Waals surface area contributed by atoms with Crippen LogP contribution in [0.5, 0.6) is 0 Å². The maximum Gasteiger partial charge on any atom is 0.257 e. The first-order valence-electron chi connectivity index (χ1n) is 9.18. The number of hydrogen-bond acceptors (Lipinski definition) is 4. The number of anilines is 1. The van der Waals surface area contributed by atoms with Crippen molar-refractivity contribution in [2.75, 3.05) is 12.8 Å². The number of aryl methyl sites for hydroxylation is 1. The molecule has 1 heterocycles. The zero-order valence-corrected chi connectivity index (χ0v) is 15.3. The van der Waals surface area contributed by atoms with Crippen LogP contribution >= 0.6 is 0 Å². The molecule has 2 aromatic carbocycles.